The molecule has 2 saturated heterocycles. The number of likely N-dealkylation sites (N-methyl/N-ethyl adjacent to an activating group) is 1. The lowest BCUT2D eigenvalue weighted by molar-refractivity contribution is -0.140. The Morgan fingerprint density at radius 3 is 2.35 bits per heavy atom. The predicted octanol–water partition coefficient (Wildman–Crippen LogP) is 3.62. The first-order valence-corrected chi connectivity index (χ1v) is 11.5. The van der Waals surface area contributed by atoms with Crippen molar-refractivity contribution < 1.29 is 18.4 Å². The third-order valence-corrected chi connectivity index (χ3v) is 6.44. The highest BCUT2D eigenvalue weighted by atomic mass is 35.5. The fourth-order valence-corrected chi connectivity index (χ4v) is 4.98. The molecule has 180 valence electrons. The number of nitrogens with one attached hydrogen (secondary N) is 1. The second-order valence-electron chi connectivity index (χ2n) is 8.96. The number of carbonyl (C=O) groups excluding carboxylic acids is 2. The molecule has 2 aromatic carbocycles. The summed E-state index contributed by atoms with van der Waals surface area (Å²) in [6, 6.07) is 9.02. The predicted molar refractivity (Wildman–Crippen MR) is 128 cm³/mol. The first kappa shape index (κ1) is 24.3. The first-order valence-electron chi connectivity index (χ1n) is 11.1. The second kappa shape index (κ2) is 10.2. The Kier molecular flexibility index (Phi) is 7.30. The van der Waals surface area contributed by atoms with Gasteiger partial charge in [-0.15, -0.1) is 0 Å². The number of rotatable bonds is 5. The van der Waals surface area contributed by atoms with Crippen LogP contribution in [0, 0.1) is 11.6 Å². The minimum absolute atomic E-state index is 0.00753. The zero-order valence-electron chi connectivity index (χ0n) is 19.1. The minimum atomic E-state index is -0.629. The van der Waals surface area contributed by atoms with Gasteiger partial charge in [0.05, 0.1) is 17.1 Å². The third kappa shape index (κ3) is 5.63. The van der Waals surface area contributed by atoms with E-state index in [9.17, 15) is 18.4 Å². The number of halogens is 3. The van der Waals surface area contributed by atoms with Crippen molar-refractivity contribution in [3.8, 4) is 0 Å². The van der Waals surface area contributed by atoms with Crippen LogP contribution in [0.4, 0.5) is 14.5 Å². The topological polar surface area (TPSA) is 55.9 Å². The lowest BCUT2D eigenvalue weighted by Crippen LogP contribution is -2.68. The highest BCUT2D eigenvalue weighted by molar-refractivity contribution is 6.31. The highest BCUT2D eigenvalue weighted by Gasteiger charge is 2.41. The smallest absolute Gasteiger partial charge is 0.247 e. The Bertz CT molecular complexity index is 1090. The van der Waals surface area contributed by atoms with E-state index >= 15 is 0 Å². The number of anilines is 1. The third-order valence-electron chi connectivity index (χ3n) is 6.15. The van der Waals surface area contributed by atoms with Crippen LogP contribution >= 0.6 is 11.6 Å². The molecule has 2 fully saturated rings. The zero-order chi connectivity index (χ0) is 24.4. The van der Waals surface area contributed by atoms with E-state index in [1.165, 1.54) is 43.3 Å². The van der Waals surface area contributed by atoms with Gasteiger partial charge in [-0.1, -0.05) is 23.7 Å². The maximum Gasteiger partial charge on any atom is 0.247 e. The largest absolute Gasteiger partial charge is 0.328 e. The summed E-state index contributed by atoms with van der Waals surface area (Å²) in [5.74, 6) is -1.37. The van der Waals surface area contributed by atoms with E-state index in [1.54, 1.807) is 12.1 Å². The van der Waals surface area contributed by atoms with Crippen LogP contribution in [0.1, 0.15) is 18.1 Å². The zero-order valence-corrected chi connectivity index (χ0v) is 19.9. The molecule has 0 saturated carbocycles. The molecule has 0 aliphatic carbocycles. The minimum Gasteiger partial charge on any atom is -0.328 e. The number of piperazine rings is 2. The number of hydrogen-bond donors (Lipinski definition) is 1. The van der Waals surface area contributed by atoms with Crippen LogP contribution in [-0.4, -0.2) is 71.8 Å². The van der Waals surface area contributed by atoms with Crippen LogP contribution in [0.2, 0.25) is 5.02 Å². The molecule has 2 aromatic rings. The molecule has 2 unspecified atom stereocenters. The quantitative estimate of drug-likeness (QED) is 0.653. The van der Waals surface area contributed by atoms with Crippen LogP contribution in [0.5, 0.6) is 0 Å². The first-order chi connectivity index (χ1) is 16.2. The van der Waals surface area contributed by atoms with Gasteiger partial charge in [-0.25, -0.2) is 8.78 Å². The summed E-state index contributed by atoms with van der Waals surface area (Å²) >= 11 is 5.86. The molecule has 2 amide bonds. The van der Waals surface area contributed by atoms with Crippen molar-refractivity contribution in [1.82, 2.24) is 14.7 Å². The molecule has 2 atom stereocenters. The van der Waals surface area contributed by atoms with Crippen LogP contribution in [-0.2, 0) is 16.1 Å². The lowest BCUT2D eigenvalue weighted by atomic mass is 9.99. The van der Waals surface area contributed by atoms with Gasteiger partial charge in [0.2, 0.25) is 11.8 Å². The number of carbonyl (C=O) groups is 2. The Labute approximate surface area is 202 Å². The number of benzene rings is 2. The van der Waals surface area contributed by atoms with E-state index in [0.29, 0.717) is 30.9 Å². The molecule has 9 heteroatoms. The summed E-state index contributed by atoms with van der Waals surface area (Å²) in [7, 11) is 2.05. The molecule has 2 aliphatic heterocycles. The summed E-state index contributed by atoms with van der Waals surface area (Å²) in [6.45, 7) is 4.92. The van der Waals surface area contributed by atoms with E-state index in [4.69, 9.17) is 11.6 Å². The van der Waals surface area contributed by atoms with Crippen molar-refractivity contribution >= 4 is 35.2 Å². The highest BCUT2D eigenvalue weighted by Crippen LogP contribution is 2.27. The molecule has 4 rings (SSSR count). The van der Waals surface area contributed by atoms with E-state index in [-0.39, 0.29) is 34.7 Å². The van der Waals surface area contributed by atoms with Gasteiger partial charge in [-0.3, -0.25) is 14.5 Å². The van der Waals surface area contributed by atoms with Gasteiger partial charge in [0.25, 0.3) is 0 Å². The molecule has 6 nitrogen and oxygen atoms in total. The summed E-state index contributed by atoms with van der Waals surface area (Å²) in [5, 5.41) is 2.51. The van der Waals surface area contributed by atoms with Crippen molar-refractivity contribution in [3.63, 3.8) is 0 Å². The molecule has 1 N–H and O–H groups in total. The van der Waals surface area contributed by atoms with E-state index in [0.717, 1.165) is 18.7 Å². The van der Waals surface area contributed by atoms with Crippen molar-refractivity contribution in [2.75, 3.05) is 38.5 Å². The van der Waals surface area contributed by atoms with Crippen LogP contribution in [0.3, 0.4) is 0 Å². The van der Waals surface area contributed by atoms with Gasteiger partial charge in [0, 0.05) is 57.0 Å². The summed E-state index contributed by atoms with van der Waals surface area (Å²) in [6.07, 6.45) is 2.94. The Balaban J connectivity index is 1.50. The molecule has 2 aliphatic rings. The average molecular weight is 489 g/mol. The van der Waals surface area contributed by atoms with Crippen LogP contribution < -0.4 is 5.32 Å². The molecular formula is C25H27ClF2N4O2. The monoisotopic (exact) mass is 488 g/mol. The molecular weight excluding hydrogens is 462 g/mol. The van der Waals surface area contributed by atoms with Gasteiger partial charge in [-0.2, -0.15) is 0 Å². The number of fused-ring (bicyclic) bond motifs is 2. The summed E-state index contributed by atoms with van der Waals surface area (Å²) in [5.41, 5.74) is 1.73. The van der Waals surface area contributed by atoms with Crippen LogP contribution in [0.15, 0.2) is 42.5 Å². The number of nitrogens with zero attached hydrogens (tertiary/aromatic N) is 3. The summed E-state index contributed by atoms with van der Waals surface area (Å²) in [4.78, 5) is 31.2. The Morgan fingerprint density at radius 1 is 1.09 bits per heavy atom. The second-order valence-corrected chi connectivity index (χ2v) is 9.37. The Hall–Kier alpha value is -2.81. The van der Waals surface area contributed by atoms with Gasteiger partial charge in [0.15, 0.2) is 0 Å². The molecule has 0 aromatic heterocycles. The van der Waals surface area contributed by atoms with E-state index in [1.807, 2.05) is 11.9 Å². The van der Waals surface area contributed by atoms with E-state index in [2.05, 4.69) is 15.1 Å². The van der Waals surface area contributed by atoms with Gasteiger partial charge >= 0.3 is 0 Å². The number of hydrogen-bond acceptors (Lipinski definition) is 4. The van der Waals surface area contributed by atoms with Crippen molar-refractivity contribution in [1.29, 1.82) is 0 Å². The molecule has 34 heavy (non-hydrogen) atoms. The molecule has 2 heterocycles. The SMILES string of the molecule is CC(=O)Nc1cc(Cl)c(F)cc1/C=C/C(=O)N1C2CN(C)CC1CN(Cc1ccc(F)cc1)C2. The molecule has 0 spiro atoms. The van der Waals surface area contributed by atoms with Crippen molar-refractivity contribution in [2.45, 2.75) is 25.6 Å². The summed E-state index contributed by atoms with van der Waals surface area (Å²) < 4.78 is 27.3. The fourth-order valence-electron chi connectivity index (χ4n) is 4.81. The van der Waals surface area contributed by atoms with Gasteiger partial charge < -0.3 is 15.1 Å². The van der Waals surface area contributed by atoms with Gasteiger partial charge in [-0.05, 0) is 43.0 Å². The molecule has 2 bridgehead atoms. The maximum absolute atomic E-state index is 14.0. The maximum atomic E-state index is 14.0. The number of amides is 2. The van der Waals surface area contributed by atoms with Crippen molar-refractivity contribution in [3.05, 3.63) is 70.3 Å². The average Bonchev–Trinajstić information content (AvgIpc) is 2.75. The van der Waals surface area contributed by atoms with Crippen molar-refractivity contribution in [2.24, 2.45) is 0 Å². The standard InChI is InChI=1S/C25H27ClF2N4O2/c1-16(33)29-24-10-22(26)23(28)9-18(24)5-8-25(34)32-20-12-30(2)13-21(32)15-31(14-20)11-17-3-6-19(27)7-4-17/h3-10,20-21H,11-15H2,1-2H3,(H,29,33)/b8-5+. The van der Waals surface area contributed by atoms with Crippen LogP contribution in [0.25, 0.3) is 6.08 Å². The molecule has 0 radical (unpaired) electrons. The fraction of sp³-hybridized carbons (Fsp3) is 0.360. The van der Waals surface area contributed by atoms with E-state index < -0.39 is 5.82 Å². The van der Waals surface area contributed by atoms with Gasteiger partial charge in [0.1, 0.15) is 11.6 Å². The Morgan fingerprint density at radius 2 is 1.74 bits per heavy atom. The lowest BCUT2D eigenvalue weighted by Gasteiger charge is -2.52. The normalized spacial score (nSPS) is 21.1.